The number of hydrogen-bond acceptors (Lipinski definition) is 5. The number of hydrogen-bond donors (Lipinski definition) is 1. The molecule has 0 radical (unpaired) electrons. The number of amides is 2. The van der Waals surface area contributed by atoms with Gasteiger partial charge in [-0.1, -0.05) is 11.6 Å². The van der Waals surface area contributed by atoms with E-state index in [-0.39, 0.29) is 22.7 Å². The molecule has 2 rings (SSSR count). The van der Waals surface area contributed by atoms with Crippen molar-refractivity contribution in [3.63, 3.8) is 0 Å². The number of carbonyl (C=O) groups excluding carboxylic acids is 2. The van der Waals surface area contributed by atoms with Gasteiger partial charge in [-0.25, -0.2) is 9.78 Å². The third-order valence-electron chi connectivity index (χ3n) is 5.03. The normalized spacial score (nSPS) is 15.4. The van der Waals surface area contributed by atoms with E-state index in [4.69, 9.17) is 16.3 Å². The molecule has 1 N–H and O–H groups in total. The lowest BCUT2D eigenvalue weighted by Crippen LogP contribution is -2.44. The van der Waals surface area contributed by atoms with Crippen molar-refractivity contribution in [2.75, 3.05) is 37.6 Å². The van der Waals surface area contributed by atoms with Crippen molar-refractivity contribution in [1.29, 1.82) is 0 Å². The van der Waals surface area contributed by atoms with Crippen LogP contribution in [-0.2, 0) is 15.7 Å². The maximum Gasteiger partial charge on any atom is 0.417 e. The summed E-state index contributed by atoms with van der Waals surface area (Å²) in [5.41, 5.74) is -1.49. The van der Waals surface area contributed by atoms with Crippen LogP contribution in [0.2, 0.25) is 5.02 Å². The fourth-order valence-corrected chi connectivity index (χ4v) is 3.62. The standard InChI is InChI=1S/C21H30ClF3N4O3/c1-5-28(19(31)32-20(2,3)4)11-8-26-18(30)14-6-9-29(10-7-14)17-16(22)12-15(13-27-17)21(23,24)25/h12-14H,5-11H2,1-4H3,(H,26,30). The van der Waals surface area contributed by atoms with Gasteiger partial charge >= 0.3 is 12.3 Å². The maximum atomic E-state index is 12.8. The highest BCUT2D eigenvalue weighted by Crippen LogP contribution is 2.34. The second-order valence-electron chi connectivity index (χ2n) is 8.64. The summed E-state index contributed by atoms with van der Waals surface area (Å²) in [7, 11) is 0. The molecule has 1 aliphatic heterocycles. The van der Waals surface area contributed by atoms with Crippen LogP contribution in [-0.4, -0.2) is 60.2 Å². The lowest BCUT2D eigenvalue weighted by atomic mass is 9.96. The van der Waals surface area contributed by atoms with E-state index in [2.05, 4.69) is 10.3 Å². The molecule has 0 unspecified atom stereocenters. The molecule has 1 saturated heterocycles. The van der Waals surface area contributed by atoms with Crippen LogP contribution in [0.3, 0.4) is 0 Å². The van der Waals surface area contributed by atoms with Crippen LogP contribution in [0.25, 0.3) is 0 Å². The molecule has 0 aliphatic carbocycles. The molecule has 0 spiro atoms. The van der Waals surface area contributed by atoms with E-state index in [9.17, 15) is 22.8 Å². The van der Waals surface area contributed by atoms with Gasteiger partial charge in [0, 0.05) is 44.8 Å². The molecule has 1 aliphatic rings. The second-order valence-corrected chi connectivity index (χ2v) is 9.05. The number of pyridine rings is 1. The molecule has 0 saturated carbocycles. The van der Waals surface area contributed by atoms with Gasteiger partial charge in [-0.15, -0.1) is 0 Å². The molecular weight excluding hydrogens is 449 g/mol. The minimum atomic E-state index is -4.50. The fourth-order valence-electron chi connectivity index (χ4n) is 3.34. The topological polar surface area (TPSA) is 74.8 Å². The van der Waals surface area contributed by atoms with Gasteiger partial charge in [0.25, 0.3) is 0 Å². The molecule has 11 heteroatoms. The third kappa shape index (κ3) is 7.43. The molecule has 1 aromatic heterocycles. The molecule has 32 heavy (non-hydrogen) atoms. The second kappa shape index (κ2) is 10.6. The molecule has 2 amide bonds. The Morgan fingerprint density at radius 3 is 2.41 bits per heavy atom. The number of halogens is 4. The first-order valence-corrected chi connectivity index (χ1v) is 10.9. The van der Waals surface area contributed by atoms with Gasteiger partial charge in [0.15, 0.2) is 0 Å². The van der Waals surface area contributed by atoms with E-state index in [0.29, 0.717) is 45.6 Å². The van der Waals surface area contributed by atoms with Crippen LogP contribution < -0.4 is 10.2 Å². The number of rotatable bonds is 6. The van der Waals surface area contributed by atoms with E-state index < -0.39 is 23.4 Å². The van der Waals surface area contributed by atoms with Crippen molar-refractivity contribution in [3.8, 4) is 0 Å². The predicted octanol–water partition coefficient (Wildman–Crippen LogP) is 4.34. The van der Waals surface area contributed by atoms with Crippen LogP contribution in [0, 0.1) is 5.92 Å². The van der Waals surface area contributed by atoms with Crippen molar-refractivity contribution in [3.05, 3.63) is 22.8 Å². The monoisotopic (exact) mass is 478 g/mol. The SMILES string of the molecule is CCN(CCNC(=O)C1CCN(c2ncc(C(F)(F)F)cc2Cl)CC1)C(=O)OC(C)(C)C. The van der Waals surface area contributed by atoms with Crippen LogP contribution in [0.15, 0.2) is 12.3 Å². The van der Waals surface area contributed by atoms with Crippen molar-refractivity contribution in [1.82, 2.24) is 15.2 Å². The first-order valence-electron chi connectivity index (χ1n) is 10.5. The van der Waals surface area contributed by atoms with Gasteiger partial charge in [-0.2, -0.15) is 13.2 Å². The Balaban J connectivity index is 1.82. The minimum Gasteiger partial charge on any atom is -0.444 e. The summed E-state index contributed by atoms with van der Waals surface area (Å²) in [5.74, 6) is -0.0538. The Bertz CT molecular complexity index is 806. The van der Waals surface area contributed by atoms with E-state index in [0.717, 1.165) is 12.3 Å². The van der Waals surface area contributed by atoms with Crippen LogP contribution >= 0.6 is 11.6 Å². The minimum absolute atomic E-state index is 0.0653. The molecule has 0 aromatic carbocycles. The van der Waals surface area contributed by atoms with Gasteiger partial charge < -0.3 is 19.9 Å². The summed E-state index contributed by atoms with van der Waals surface area (Å²) < 4.78 is 43.7. The lowest BCUT2D eigenvalue weighted by Gasteiger charge is -2.33. The predicted molar refractivity (Wildman–Crippen MR) is 116 cm³/mol. The summed E-state index contributed by atoms with van der Waals surface area (Å²) in [6.45, 7) is 9.22. The number of carbonyl (C=O) groups is 2. The Kier molecular flexibility index (Phi) is 8.61. The lowest BCUT2D eigenvalue weighted by molar-refractivity contribution is -0.137. The first kappa shape index (κ1) is 26.0. The van der Waals surface area contributed by atoms with Crippen LogP contribution in [0.4, 0.5) is 23.8 Å². The van der Waals surface area contributed by atoms with Crippen LogP contribution in [0.1, 0.15) is 46.1 Å². The average Bonchev–Trinajstić information content (AvgIpc) is 2.69. The van der Waals surface area contributed by atoms with Gasteiger partial charge in [0.2, 0.25) is 5.91 Å². The Hall–Kier alpha value is -2.23. The molecule has 7 nitrogen and oxygen atoms in total. The molecule has 0 atom stereocenters. The molecule has 1 fully saturated rings. The van der Waals surface area contributed by atoms with Gasteiger partial charge in [0.05, 0.1) is 10.6 Å². The molecule has 1 aromatic rings. The molecule has 0 bridgehead atoms. The first-order chi connectivity index (χ1) is 14.8. The zero-order valence-electron chi connectivity index (χ0n) is 18.8. The Morgan fingerprint density at radius 2 is 1.91 bits per heavy atom. The summed E-state index contributed by atoms with van der Waals surface area (Å²) in [5, 5.41) is 2.79. The third-order valence-corrected chi connectivity index (χ3v) is 5.31. The van der Waals surface area contributed by atoms with E-state index in [1.165, 1.54) is 4.90 Å². The quantitative estimate of drug-likeness (QED) is 0.658. The number of alkyl halides is 3. The van der Waals surface area contributed by atoms with E-state index in [1.54, 1.807) is 25.7 Å². The number of piperidine rings is 1. The number of ether oxygens (including phenoxy) is 1. The summed E-state index contributed by atoms with van der Waals surface area (Å²) >= 11 is 6.02. The average molecular weight is 479 g/mol. The maximum absolute atomic E-state index is 12.8. The van der Waals surface area contributed by atoms with Crippen molar-refractivity contribution >= 4 is 29.4 Å². The van der Waals surface area contributed by atoms with Crippen molar-refractivity contribution in [2.45, 2.75) is 52.3 Å². The zero-order valence-corrected chi connectivity index (χ0v) is 19.5. The van der Waals surface area contributed by atoms with E-state index in [1.807, 2.05) is 6.92 Å². The number of likely N-dealkylation sites (N-methyl/N-ethyl adjacent to an activating group) is 1. The summed E-state index contributed by atoms with van der Waals surface area (Å²) in [4.78, 5) is 31.8. The Labute approximate surface area is 191 Å². The van der Waals surface area contributed by atoms with Crippen molar-refractivity contribution in [2.24, 2.45) is 5.92 Å². The van der Waals surface area contributed by atoms with Crippen molar-refractivity contribution < 1.29 is 27.5 Å². The molecular formula is C21H30ClF3N4O3. The zero-order chi connectivity index (χ0) is 24.1. The smallest absolute Gasteiger partial charge is 0.417 e. The number of anilines is 1. The highest BCUT2D eigenvalue weighted by molar-refractivity contribution is 6.33. The number of nitrogens with one attached hydrogen (secondary N) is 1. The molecule has 2 heterocycles. The number of aromatic nitrogens is 1. The van der Waals surface area contributed by atoms with Gasteiger partial charge in [0.1, 0.15) is 11.4 Å². The van der Waals surface area contributed by atoms with E-state index >= 15 is 0 Å². The highest BCUT2D eigenvalue weighted by Gasteiger charge is 2.33. The summed E-state index contributed by atoms with van der Waals surface area (Å²) in [6, 6.07) is 0.868. The van der Waals surface area contributed by atoms with Gasteiger partial charge in [-0.05, 0) is 46.6 Å². The summed E-state index contributed by atoms with van der Waals surface area (Å²) in [6.07, 6.45) is -3.12. The molecule has 180 valence electrons. The van der Waals surface area contributed by atoms with Gasteiger partial charge in [-0.3, -0.25) is 4.79 Å². The highest BCUT2D eigenvalue weighted by atomic mass is 35.5. The number of nitrogens with zero attached hydrogens (tertiary/aromatic N) is 3. The Morgan fingerprint density at radius 1 is 1.28 bits per heavy atom. The van der Waals surface area contributed by atoms with Crippen LogP contribution in [0.5, 0.6) is 0 Å². The fraction of sp³-hybridized carbons (Fsp3) is 0.667. The largest absolute Gasteiger partial charge is 0.444 e.